The number of allylic oxidation sites excluding steroid dienone is 1. The molecule has 0 radical (unpaired) electrons. The molecule has 0 aromatic heterocycles. The minimum absolute atomic E-state index is 0.226. The third-order valence-electron chi connectivity index (χ3n) is 6.79. The number of methoxy groups -OCH3 is 1. The Balaban J connectivity index is 1.99. The largest absolute Gasteiger partial charge is 0.487 e. The van der Waals surface area contributed by atoms with Crippen LogP contribution in [0.5, 0.6) is 5.75 Å². The number of hydrogen-bond acceptors (Lipinski definition) is 5. The minimum atomic E-state index is -0.559. The summed E-state index contributed by atoms with van der Waals surface area (Å²) < 4.78 is 17.6. The van der Waals surface area contributed by atoms with Crippen LogP contribution < -0.4 is 9.64 Å². The van der Waals surface area contributed by atoms with Crippen molar-refractivity contribution >= 4 is 23.3 Å². The van der Waals surface area contributed by atoms with Crippen molar-refractivity contribution < 1.29 is 19.0 Å². The lowest BCUT2D eigenvalue weighted by molar-refractivity contribution is -0.157. The van der Waals surface area contributed by atoms with Crippen LogP contribution in [0.1, 0.15) is 81.9 Å². The number of carbonyl (C=O) groups excluding carboxylic acids is 1. The SMILES string of the molecule is C=CCCCCN1CCCCc2cc(Cl)ccc2COc2ccc([C@@H](CCOC)C(=O)OC(C)(C)C)cc21. The van der Waals surface area contributed by atoms with Crippen molar-refractivity contribution in [1.29, 1.82) is 0 Å². The molecule has 38 heavy (non-hydrogen) atoms. The molecule has 0 spiro atoms. The smallest absolute Gasteiger partial charge is 0.314 e. The van der Waals surface area contributed by atoms with E-state index < -0.39 is 11.5 Å². The molecule has 0 saturated heterocycles. The van der Waals surface area contributed by atoms with Crippen LogP contribution in [-0.4, -0.2) is 38.4 Å². The maximum atomic E-state index is 13.2. The van der Waals surface area contributed by atoms with Gasteiger partial charge < -0.3 is 19.1 Å². The first-order chi connectivity index (χ1) is 18.2. The van der Waals surface area contributed by atoms with Crippen molar-refractivity contribution in [3.05, 3.63) is 70.8 Å². The molecule has 0 fully saturated rings. The first-order valence-corrected chi connectivity index (χ1v) is 14.2. The molecule has 2 aromatic carbocycles. The number of hydrogen-bond donors (Lipinski definition) is 0. The summed E-state index contributed by atoms with van der Waals surface area (Å²) in [6.45, 7) is 12.4. The van der Waals surface area contributed by atoms with Crippen LogP contribution in [0, 0.1) is 0 Å². The van der Waals surface area contributed by atoms with E-state index in [1.807, 2.05) is 45.0 Å². The van der Waals surface area contributed by atoms with Crippen molar-refractivity contribution in [2.45, 2.75) is 83.8 Å². The zero-order valence-corrected chi connectivity index (χ0v) is 24.3. The van der Waals surface area contributed by atoms with Gasteiger partial charge in [-0.3, -0.25) is 4.79 Å². The highest BCUT2D eigenvalue weighted by Gasteiger charge is 2.28. The summed E-state index contributed by atoms with van der Waals surface area (Å²) in [5, 5.41) is 0.761. The van der Waals surface area contributed by atoms with Gasteiger partial charge in [-0.25, -0.2) is 0 Å². The fourth-order valence-electron chi connectivity index (χ4n) is 4.84. The molecular formula is C32H44ClNO4. The molecule has 0 unspecified atom stereocenters. The van der Waals surface area contributed by atoms with Crippen LogP contribution in [0.4, 0.5) is 5.69 Å². The van der Waals surface area contributed by atoms with Crippen molar-refractivity contribution in [3.8, 4) is 5.75 Å². The average molecular weight is 542 g/mol. The molecule has 0 aliphatic carbocycles. The maximum Gasteiger partial charge on any atom is 0.314 e. The van der Waals surface area contributed by atoms with Crippen LogP contribution in [0.3, 0.4) is 0 Å². The second-order valence-corrected chi connectivity index (χ2v) is 11.5. The van der Waals surface area contributed by atoms with Gasteiger partial charge in [0.15, 0.2) is 0 Å². The summed E-state index contributed by atoms with van der Waals surface area (Å²) in [5.41, 5.74) is 3.81. The van der Waals surface area contributed by atoms with Gasteiger partial charge in [-0.15, -0.1) is 6.58 Å². The van der Waals surface area contributed by atoms with Gasteiger partial charge in [-0.05, 0) is 107 Å². The van der Waals surface area contributed by atoms with Crippen molar-refractivity contribution in [2.24, 2.45) is 0 Å². The fourth-order valence-corrected chi connectivity index (χ4v) is 5.03. The molecule has 208 valence electrons. The molecule has 3 rings (SSSR count). The van der Waals surface area contributed by atoms with Gasteiger partial charge in [0, 0.05) is 31.8 Å². The summed E-state index contributed by atoms with van der Waals surface area (Å²) in [4.78, 5) is 15.7. The molecule has 0 N–H and O–H groups in total. The summed E-state index contributed by atoms with van der Waals surface area (Å²) in [5.74, 6) is 0.188. The normalized spacial score (nSPS) is 14.9. The van der Waals surface area contributed by atoms with E-state index in [2.05, 4.69) is 29.7 Å². The topological polar surface area (TPSA) is 48.0 Å². The van der Waals surface area contributed by atoms with Gasteiger partial charge in [0.1, 0.15) is 18.0 Å². The Kier molecular flexibility index (Phi) is 11.5. The van der Waals surface area contributed by atoms with Crippen LogP contribution in [-0.2, 0) is 27.3 Å². The Morgan fingerprint density at radius 1 is 1.16 bits per heavy atom. The van der Waals surface area contributed by atoms with Gasteiger partial charge in [-0.2, -0.15) is 0 Å². The molecule has 1 aliphatic heterocycles. The predicted octanol–water partition coefficient (Wildman–Crippen LogP) is 7.88. The lowest BCUT2D eigenvalue weighted by atomic mass is 9.94. The summed E-state index contributed by atoms with van der Waals surface area (Å²) >= 11 is 6.31. The van der Waals surface area contributed by atoms with Crippen LogP contribution in [0.25, 0.3) is 0 Å². The fraction of sp³-hybridized carbons (Fsp3) is 0.531. The Bertz CT molecular complexity index is 1060. The lowest BCUT2D eigenvalue weighted by Gasteiger charge is -2.29. The maximum absolute atomic E-state index is 13.2. The first kappa shape index (κ1) is 30.0. The average Bonchev–Trinajstić information content (AvgIpc) is 2.89. The predicted molar refractivity (Wildman–Crippen MR) is 157 cm³/mol. The number of benzene rings is 2. The minimum Gasteiger partial charge on any atom is -0.487 e. The summed E-state index contributed by atoms with van der Waals surface area (Å²) in [6.07, 6.45) is 8.78. The Morgan fingerprint density at radius 2 is 1.97 bits per heavy atom. The number of fused-ring (bicyclic) bond motifs is 2. The zero-order chi connectivity index (χ0) is 27.5. The summed E-state index contributed by atoms with van der Waals surface area (Å²) in [7, 11) is 1.66. The number of nitrogens with zero attached hydrogens (tertiary/aromatic N) is 1. The van der Waals surface area contributed by atoms with Crippen LogP contribution in [0.15, 0.2) is 49.1 Å². The van der Waals surface area contributed by atoms with E-state index in [-0.39, 0.29) is 5.97 Å². The van der Waals surface area contributed by atoms with Crippen molar-refractivity contribution in [3.63, 3.8) is 0 Å². The van der Waals surface area contributed by atoms with Crippen LogP contribution in [0.2, 0.25) is 5.02 Å². The number of carbonyl (C=O) groups is 1. The van der Waals surface area contributed by atoms with E-state index in [1.165, 1.54) is 5.56 Å². The molecule has 1 aliphatic rings. The standard InChI is InChI=1S/C32H44ClNO4/c1-6-7-8-10-18-34-19-11-9-12-24-21-27(33)15-13-26(24)23-37-30-16-14-25(22-29(30)34)28(17-20-36-5)31(35)38-32(2,3)4/h6,13-16,21-22,28H,1,7-12,17-20,23H2,2-5H3/t28-/m1/s1. The molecule has 1 atom stereocenters. The highest BCUT2D eigenvalue weighted by Crippen LogP contribution is 2.36. The number of aryl methyl sites for hydroxylation is 1. The molecule has 5 nitrogen and oxygen atoms in total. The third kappa shape index (κ3) is 9.06. The number of anilines is 1. The molecule has 2 aromatic rings. The number of rotatable bonds is 10. The van der Waals surface area contributed by atoms with E-state index in [1.54, 1.807) is 7.11 Å². The van der Waals surface area contributed by atoms with Gasteiger partial charge in [0.05, 0.1) is 11.6 Å². The Labute approximate surface area is 234 Å². The van der Waals surface area contributed by atoms with Gasteiger partial charge in [0.2, 0.25) is 0 Å². The third-order valence-corrected chi connectivity index (χ3v) is 7.03. The molecule has 0 bridgehead atoms. The van der Waals surface area contributed by atoms with E-state index in [9.17, 15) is 4.79 Å². The number of ether oxygens (including phenoxy) is 3. The molecule has 6 heteroatoms. The van der Waals surface area contributed by atoms with E-state index in [4.69, 9.17) is 25.8 Å². The Morgan fingerprint density at radius 3 is 2.71 bits per heavy atom. The quantitative estimate of drug-likeness (QED) is 0.174. The molecule has 0 saturated carbocycles. The Hall–Kier alpha value is -2.50. The van der Waals surface area contributed by atoms with Crippen LogP contribution >= 0.6 is 11.6 Å². The number of unbranched alkanes of at least 4 members (excludes halogenated alkanes) is 2. The molecule has 1 heterocycles. The van der Waals surface area contributed by atoms with Gasteiger partial charge in [-0.1, -0.05) is 29.8 Å². The molecule has 0 amide bonds. The van der Waals surface area contributed by atoms with E-state index in [0.29, 0.717) is 19.6 Å². The van der Waals surface area contributed by atoms with Gasteiger partial charge in [0.25, 0.3) is 0 Å². The highest BCUT2D eigenvalue weighted by atomic mass is 35.5. The van der Waals surface area contributed by atoms with E-state index >= 15 is 0 Å². The molecular weight excluding hydrogens is 498 g/mol. The number of halogens is 1. The second-order valence-electron chi connectivity index (χ2n) is 11.0. The van der Waals surface area contributed by atoms with Crippen molar-refractivity contribution in [1.82, 2.24) is 0 Å². The number of esters is 1. The van der Waals surface area contributed by atoms with Crippen molar-refractivity contribution in [2.75, 3.05) is 31.7 Å². The monoisotopic (exact) mass is 541 g/mol. The van der Waals surface area contributed by atoms with Gasteiger partial charge >= 0.3 is 5.97 Å². The summed E-state index contributed by atoms with van der Waals surface area (Å²) in [6, 6.07) is 12.2. The van der Waals surface area contributed by atoms with E-state index in [0.717, 1.165) is 79.2 Å². The first-order valence-electron chi connectivity index (χ1n) is 13.8. The lowest BCUT2D eigenvalue weighted by Crippen LogP contribution is -2.29. The zero-order valence-electron chi connectivity index (χ0n) is 23.6. The second kappa shape index (κ2) is 14.6. The highest BCUT2D eigenvalue weighted by molar-refractivity contribution is 6.30.